The average Bonchev–Trinajstić information content (AvgIpc) is 3.65. The van der Waals surface area contributed by atoms with Crippen LogP contribution in [0.3, 0.4) is 0 Å². The van der Waals surface area contributed by atoms with Crippen LogP contribution >= 0.6 is 35.0 Å². The van der Waals surface area contributed by atoms with E-state index in [0.29, 0.717) is 38.6 Å². The Morgan fingerprint density at radius 2 is 1.77 bits per heavy atom. The van der Waals surface area contributed by atoms with Gasteiger partial charge < -0.3 is 14.2 Å². The van der Waals surface area contributed by atoms with Crippen LogP contribution in [0.4, 0.5) is 13.6 Å². The molecule has 0 saturated heterocycles. The van der Waals surface area contributed by atoms with Crippen LogP contribution in [0.1, 0.15) is 30.1 Å². The number of thioether (sulfide) groups is 1. The van der Waals surface area contributed by atoms with Crippen molar-refractivity contribution in [3.8, 4) is 11.5 Å². The van der Waals surface area contributed by atoms with Crippen molar-refractivity contribution >= 4 is 40.3 Å². The monoisotopic (exact) mass is 539 g/mol. The number of hydrogen-bond acceptors (Lipinski definition) is 6. The van der Waals surface area contributed by atoms with Crippen molar-refractivity contribution in [2.45, 2.75) is 36.9 Å². The summed E-state index contributed by atoms with van der Waals surface area (Å²) in [6, 6.07) is 13.5. The number of pyridine rings is 1. The van der Waals surface area contributed by atoms with Gasteiger partial charge in [0.25, 0.3) is 0 Å². The molecule has 0 spiro atoms. The lowest BCUT2D eigenvalue weighted by molar-refractivity contribution is -0.0515. The van der Waals surface area contributed by atoms with E-state index >= 15 is 0 Å². The van der Waals surface area contributed by atoms with Crippen LogP contribution in [0, 0.1) is 5.92 Å². The third-order valence-electron chi connectivity index (χ3n) is 5.25. The zero-order valence-corrected chi connectivity index (χ0v) is 20.7. The normalized spacial score (nSPS) is 14.0. The van der Waals surface area contributed by atoms with Gasteiger partial charge in [0.2, 0.25) is 0 Å². The zero-order chi connectivity index (χ0) is 24.8. The molecule has 1 fully saturated rings. The van der Waals surface area contributed by atoms with E-state index in [2.05, 4.69) is 9.72 Å². The second-order valence-electron chi connectivity index (χ2n) is 7.90. The van der Waals surface area contributed by atoms with Crippen molar-refractivity contribution in [2.24, 2.45) is 5.92 Å². The van der Waals surface area contributed by atoms with Gasteiger partial charge in [-0.25, -0.2) is 4.79 Å². The van der Waals surface area contributed by atoms with Gasteiger partial charge in [0.15, 0.2) is 11.5 Å². The van der Waals surface area contributed by atoms with E-state index in [1.54, 1.807) is 24.3 Å². The smallest absolute Gasteiger partial charge is 0.387 e. The van der Waals surface area contributed by atoms with E-state index in [4.69, 9.17) is 32.7 Å². The van der Waals surface area contributed by atoms with Crippen molar-refractivity contribution in [1.29, 1.82) is 0 Å². The first-order chi connectivity index (χ1) is 16.9. The Hall–Kier alpha value is -2.55. The van der Waals surface area contributed by atoms with Crippen molar-refractivity contribution in [2.75, 3.05) is 6.61 Å². The first kappa shape index (κ1) is 25.5. The minimum atomic E-state index is -3.01. The van der Waals surface area contributed by atoms with Crippen molar-refractivity contribution < 1.29 is 27.8 Å². The SMILES string of the molecule is O=C(O[C@@H](Cc1c(Cl)cncc1Cl)c1ccc(OC(F)F)c(OCC2CC2)c1)Sc1ccccc1. The second kappa shape index (κ2) is 11.9. The molecular weight excluding hydrogens is 519 g/mol. The maximum Gasteiger partial charge on any atom is 0.387 e. The van der Waals surface area contributed by atoms with Gasteiger partial charge >= 0.3 is 11.9 Å². The lowest BCUT2D eigenvalue weighted by Crippen LogP contribution is -2.13. The predicted molar refractivity (Wildman–Crippen MR) is 131 cm³/mol. The standard InChI is InChI=1S/C25H21Cl2F2NO4S/c26-19-12-30-13-20(27)18(19)11-22(34-25(31)35-17-4-2-1-3-5-17)16-8-9-21(33-24(28)29)23(10-16)32-14-15-6-7-15/h1-5,8-10,12-13,15,22,24H,6-7,11,14H2/t22-/m0/s1. The summed E-state index contributed by atoms with van der Waals surface area (Å²) in [6.45, 7) is -2.62. The lowest BCUT2D eigenvalue weighted by atomic mass is 10.0. The number of benzene rings is 2. The molecule has 1 heterocycles. The van der Waals surface area contributed by atoms with Gasteiger partial charge in [0.05, 0.1) is 16.7 Å². The molecular formula is C25H21Cl2F2NO4S. The largest absolute Gasteiger partial charge is 0.489 e. The summed E-state index contributed by atoms with van der Waals surface area (Å²) in [5.41, 5.74) is 1.06. The Morgan fingerprint density at radius 3 is 2.43 bits per heavy atom. The lowest BCUT2D eigenvalue weighted by Gasteiger charge is -2.21. The summed E-state index contributed by atoms with van der Waals surface area (Å²) < 4.78 is 42.1. The second-order valence-corrected chi connectivity index (χ2v) is 9.72. The Kier molecular flexibility index (Phi) is 8.70. The molecule has 0 aliphatic heterocycles. The molecule has 0 N–H and O–H groups in total. The molecule has 35 heavy (non-hydrogen) atoms. The molecule has 4 rings (SSSR count). The fourth-order valence-corrected chi connectivity index (χ4v) is 4.46. The maximum absolute atomic E-state index is 12.9. The van der Waals surface area contributed by atoms with Gasteiger partial charge in [-0.1, -0.05) is 47.5 Å². The first-order valence-corrected chi connectivity index (χ1v) is 12.4. The molecule has 1 atom stereocenters. The number of ether oxygens (including phenoxy) is 3. The van der Waals surface area contributed by atoms with Crippen LogP contribution in [0.25, 0.3) is 0 Å². The summed E-state index contributed by atoms with van der Waals surface area (Å²) in [5, 5.41) is 0.0881. The molecule has 1 aliphatic rings. The quantitative estimate of drug-likeness (QED) is 0.192. The first-order valence-electron chi connectivity index (χ1n) is 10.8. The number of alkyl halides is 2. The molecule has 0 unspecified atom stereocenters. The molecule has 0 amide bonds. The van der Waals surface area contributed by atoms with E-state index in [9.17, 15) is 13.6 Å². The number of halogens is 4. The third-order valence-corrected chi connectivity index (χ3v) is 6.67. The highest BCUT2D eigenvalue weighted by Gasteiger charge is 2.26. The molecule has 1 aliphatic carbocycles. The summed E-state index contributed by atoms with van der Waals surface area (Å²) in [6.07, 6.45) is 4.26. The van der Waals surface area contributed by atoms with Crippen LogP contribution in [-0.2, 0) is 11.2 Å². The Bertz CT molecular complexity index is 1150. The summed E-state index contributed by atoms with van der Waals surface area (Å²) >= 11 is 13.6. The summed E-state index contributed by atoms with van der Waals surface area (Å²) in [4.78, 5) is 17.5. The number of carbonyl (C=O) groups is 1. The molecule has 0 radical (unpaired) electrons. The fourth-order valence-electron chi connectivity index (χ4n) is 3.29. The highest BCUT2D eigenvalue weighted by molar-refractivity contribution is 8.13. The Balaban J connectivity index is 1.63. The molecule has 3 aromatic rings. The highest BCUT2D eigenvalue weighted by atomic mass is 35.5. The number of hydrogen-bond donors (Lipinski definition) is 0. The maximum atomic E-state index is 12.9. The van der Waals surface area contributed by atoms with Crippen LogP contribution in [0.15, 0.2) is 65.8 Å². The molecule has 0 bridgehead atoms. The van der Waals surface area contributed by atoms with Gasteiger partial charge in [-0.05, 0) is 65.9 Å². The van der Waals surface area contributed by atoms with E-state index in [-0.39, 0.29) is 17.9 Å². The summed E-state index contributed by atoms with van der Waals surface area (Å²) in [7, 11) is 0. The molecule has 1 saturated carbocycles. The minimum Gasteiger partial charge on any atom is -0.489 e. The van der Waals surface area contributed by atoms with Gasteiger partial charge in [-0.15, -0.1) is 0 Å². The third kappa shape index (κ3) is 7.46. The van der Waals surface area contributed by atoms with Gasteiger partial charge in [-0.3, -0.25) is 4.98 Å². The van der Waals surface area contributed by atoms with E-state index in [0.717, 1.165) is 24.6 Å². The van der Waals surface area contributed by atoms with Crippen molar-refractivity contribution in [1.82, 2.24) is 4.98 Å². The number of carbonyl (C=O) groups excluding carboxylic acids is 1. The van der Waals surface area contributed by atoms with Gasteiger partial charge in [0.1, 0.15) is 6.10 Å². The van der Waals surface area contributed by atoms with Crippen LogP contribution in [0.5, 0.6) is 11.5 Å². The summed E-state index contributed by atoms with van der Waals surface area (Å²) in [5.74, 6) is 0.454. The van der Waals surface area contributed by atoms with E-state index in [1.807, 2.05) is 18.2 Å². The molecule has 10 heteroatoms. The van der Waals surface area contributed by atoms with Gasteiger partial charge in [0, 0.05) is 23.7 Å². The van der Waals surface area contributed by atoms with Crippen LogP contribution in [-0.4, -0.2) is 23.5 Å². The zero-order valence-electron chi connectivity index (χ0n) is 18.3. The average molecular weight is 540 g/mol. The number of aromatic nitrogens is 1. The topological polar surface area (TPSA) is 57.7 Å². The van der Waals surface area contributed by atoms with E-state index in [1.165, 1.54) is 18.5 Å². The van der Waals surface area contributed by atoms with Crippen LogP contribution in [0.2, 0.25) is 10.0 Å². The molecule has 184 valence electrons. The fraction of sp³-hybridized carbons (Fsp3) is 0.280. The molecule has 2 aromatic carbocycles. The Labute approximate surface area is 215 Å². The van der Waals surface area contributed by atoms with E-state index < -0.39 is 18.0 Å². The molecule has 1 aromatic heterocycles. The van der Waals surface area contributed by atoms with Gasteiger partial charge in [-0.2, -0.15) is 8.78 Å². The highest BCUT2D eigenvalue weighted by Crippen LogP contribution is 2.38. The molecule has 5 nitrogen and oxygen atoms in total. The Morgan fingerprint density at radius 1 is 1.06 bits per heavy atom. The predicted octanol–water partition coefficient (Wildman–Crippen LogP) is 7.99. The number of nitrogens with zero attached hydrogens (tertiary/aromatic N) is 1. The minimum absolute atomic E-state index is 0.0897. The van der Waals surface area contributed by atoms with Crippen molar-refractivity contribution in [3.05, 3.63) is 82.1 Å². The number of rotatable bonds is 10. The van der Waals surface area contributed by atoms with Crippen LogP contribution < -0.4 is 9.47 Å². The van der Waals surface area contributed by atoms with Crippen molar-refractivity contribution in [3.63, 3.8) is 0 Å².